The SMILES string of the molecule is COc1cc(C([N+](=O)[O-])[N+](=O)[O-])c([N+](=O)[O-])cc1[N+](=O)[O-]. The van der Waals surface area contributed by atoms with Gasteiger partial charge in [0.15, 0.2) is 11.3 Å². The Morgan fingerprint density at radius 2 is 1.38 bits per heavy atom. The normalized spacial score (nSPS) is 10.2. The highest BCUT2D eigenvalue weighted by atomic mass is 16.7. The number of benzene rings is 1. The standard InChI is InChI=1S/C8H6N4O9/c1-21-7-2-4(8(11(17)18)12(19)20)5(9(13)14)3-6(7)10(15)16/h2-3,8H,1H3. The predicted octanol–water partition coefficient (Wildman–Crippen LogP) is 1.06. The monoisotopic (exact) mass is 302 g/mol. The molecule has 0 aliphatic rings. The Morgan fingerprint density at radius 3 is 1.71 bits per heavy atom. The second kappa shape index (κ2) is 5.72. The van der Waals surface area contributed by atoms with E-state index >= 15 is 0 Å². The van der Waals surface area contributed by atoms with Crippen molar-refractivity contribution in [3.05, 3.63) is 58.2 Å². The predicted molar refractivity (Wildman–Crippen MR) is 63.0 cm³/mol. The fourth-order valence-electron chi connectivity index (χ4n) is 1.55. The van der Waals surface area contributed by atoms with Gasteiger partial charge in [-0.2, -0.15) is 0 Å². The quantitative estimate of drug-likeness (QED) is 0.421. The number of nitrogens with zero attached hydrogens (tertiary/aromatic N) is 4. The Morgan fingerprint density at radius 1 is 0.905 bits per heavy atom. The highest BCUT2D eigenvalue weighted by Crippen LogP contribution is 2.38. The van der Waals surface area contributed by atoms with Crippen molar-refractivity contribution < 1.29 is 24.4 Å². The van der Waals surface area contributed by atoms with Gasteiger partial charge in [-0.15, -0.1) is 0 Å². The minimum atomic E-state index is -2.64. The van der Waals surface area contributed by atoms with Crippen LogP contribution in [0.25, 0.3) is 0 Å². The molecule has 0 N–H and O–H groups in total. The van der Waals surface area contributed by atoms with Gasteiger partial charge in [-0.05, 0) is 0 Å². The zero-order chi connectivity index (χ0) is 16.3. The minimum absolute atomic E-state index is 0.383. The van der Waals surface area contributed by atoms with E-state index in [1.807, 2.05) is 0 Å². The fourth-order valence-corrected chi connectivity index (χ4v) is 1.55. The summed E-state index contributed by atoms with van der Waals surface area (Å²) in [4.78, 5) is 38.1. The number of ether oxygens (including phenoxy) is 1. The van der Waals surface area contributed by atoms with Crippen LogP contribution in [0.2, 0.25) is 0 Å². The van der Waals surface area contributed by atoms with Crippen molar-refractivity contribution in [2.45, 2.75) is 6.17 Å². The molecule has 21 heavy (non-hydrogen) atoms. The third-order valence-electron chi connectivity index (χ3n) is 2.40. The maximum atomic E-state index is 10.8. The van der Waals surface area contributed by atoms with Crippen molar-refractivity contribution in [3.63, 3.8) is 0 Å². The van der Waals surface area contributed by atoms with E-state index in [4.69, 9.17) is 0 Å². The lowest BCUT2D eigenvalue weighted by atomic mass is 10.1. The second-order valence-electron chi connectivity index (χ2n) is 3.54. The van der Waals surface area contributed by atoms with Crippen LogP contribution in [0.5, 0.6) is 5.75 Å². The van der Waals surface area contributed by atoms with E-state index in [2.05, 4.69) is 4.74 Å². The van der Waals surface area contributed by atoms with Crippen molar-refractivity contribution in [2.75, 3.05) is 7.11 Å². The Balaban J connectivity index is 3.71. The average molecular weight is 302 g/mol. The molecule has 1 aromatic rings. The molecule has 0 amide bonds. The molecule has 0 atom stereocenters. The summed E-state index contributed by atoms with van der Waals surface area (Å²) in [5, 5.41) is 43.0. The zero-order valence-electron chi connectivity index (χ0n) is 10.2. The van der Waals surface area contributed by atoms with Crippen molar-refractivity contribution in [1.82, 2.24) is 0 Å². The highest BCUT2D eigenvalue weighted by Gasteiger charge is 2.43. The van der Waals surface area contributed by atoms with Crippen molar-refractivity contribution in [2.24, 2.45) is 0 Å². The largest absolute Gasteiger partial charge is 0.490 e. The molecule has 13 nitrogen and oxygen atoms in total. The lowest BCUT2D eigenvalue weighted by molar-refractivity contribution is -0.753. The molecule has 0 heterocycles. The smallest absolute Gasteiger partial charge is 0.483 e. The molecule has 13 heteroatoms. The molecule has 0 unspecified atom stereocenters. The molecule has 0 saturated carbocycles. The van der Waals surface area contributed by atoms with E-state index in [1.54, 1.807) is 0 Å². The van der Waals surface area contributed by atoms with Gasteiger partial charge in [0.2, 0.25) is 0 Å². The first-order valence-electron chi connectivity index (χ1n) is 4.98. The average Bonchev–Trinajstić information content (AvgIpc) is 2.36. The van der Waals surface area contributed by atoms with Crippen LogP contribution in [0.1, 0.15) is 11.7 Å². The van der Waals surface area contributed by atoms with Crippen LogP contribution in [0, 0.1) is 40.5 Å². The Bertz CT molecular complexity index is 629. The van der Waals surface area contributed by atoms with Gasteiger partial charge in [-0.1, -0.05) is 0 Å². The van der Waals surface area contributed by atoms with Crippen LogP contribution < -0.4 is 4.74 Å². The Hall–Kier alpha value is -3.38. The lowest BCUT2D eigenvalue weighted by Crippen LogP contribution is -2.21. The van der Waals surface area contributed by atoms with Gasteiger partial charge in [0.25, 0.3) is 5.69 Å². The maximum absolute atomic E-state index is 10.8. The second-order valence-corrected chi connectivity index (χ2v) is 3.54. The number of hydrogen-bond acceptors (Lipinski definition) is 9. The molecule has 0 fully saturated rings. The summed E-state index contributed by atoms with van der Waals surface area (Å²) >= 11 is 0. The van der Waals surface area contributed by atoms with Gasteiger partial charge in [-0.3, -0.25) is 40.5 Å². The Kier molecular flexibility index (Phi) is 4.27. The molecular weight excluding hydrogens is 296 g/mol. The molecule has 112 valence electrons. The fraction of sp³-hybridized carbons (Fsp3) is 0.250. The van der Waals surface area contributed by atoms with Crippen LogP contribution in [0.4, 0.5) is 11.4 Å². The molecule has 0 saturated heterocycles. The number of nitro groups is 4. The van der Waals surface area contributed by atoms with E-state index in [1.165, 1.54) is 0 Å². The van der Waals surface area contributed by atoms with Gasteiger partial charge in [0, 0.05) is 6.07 Å². The van der Waals surface area contributed by atoms with E-state index in [-0.39, 0.29) is 0 Å². The lowest BCUT2D eigenvalue weighted by Gasteiger charge is -2.06. The van der Waals surface area contributed by atoms with Crippen LogP contribution in [-0.2, 0) is 0 Å². The number of nitro benzene ring substituents is 2. The molecule has 0 aliphatic carbocycles. The van der Waals surface area contributed by atoms with Crippen molar-refractivity contribution in [1.29, 1.82) is 0 Å². The number of hydrogen-bond donors (Lipinski definition) is 0. The molecule has 0 radical (unpaired) electrons. The molecule has 0 aromatic heterocycles. The van der Waals surface area contributed by atoms with Gasteiger partial charge >= 0.3 is 11.9 Å². The van der Waals surface area contributed by atoms with E-state index in [0.29, 0.717) is 12.1 Å². The summed E-state index contributed by atoms with van der Waals surface area (Å²) in [6, 6.07) is 0.931. The molecule has 0 bridgehead atoms. The van der Waals surface area contributed by atoms with Crippen LogP contribution >= 0.6 is 0 Å². The summed E-state index contributed by atoms with van der Waals surface area (Å²) in [5.74, 6) is -0.561. The van der Waals surface area contributed by atoms with E-state index < -0.39 is 48.5 Å². The van der Waals surface area contributed by atoms with Crippen molar-refractivity contribution >= 4 is 11.4 Å². The van der Waals surface area contributed by atoms with E-state index in [0.717, 1.165) is 7.11 Å². The van der Waals surface area contributed by atoms with Crippen molar-refractivity contribution in [3.8, 4) is 5.75 Å². The third-order valence-corrected chi connectivity index (χ3v) is 2.40. The van der Waals surface area contributed by atoms with Gasteiger partial charge in [-0.25, -0.2) is 0 Å². The third kappa shape index (κ3) is 2.96. The topological polar surface area (TPSA) is 182 Å². The van der Waals surface area contributed by atoms with E-state index in [9.17, 15) is 40.5 Å². The molecule has 1 rings (SSSR count). The highest BCUT2D eigenvalue weighted by molar-refractivity contribution is 5.58. The molecular formula is C8H6N4O9. The summed E-state index contributed by atoms with van der Waals surface area (Å²) < 4.78 is 4.58. The number of rotatable bonds is 6. The van der Waals surface area contributed by atoms with Gasteiger partial charge < -0.3 is 4.74 Å². The van der Waals surface area contributed by atoms with Crippen LogP contribution in [-0.4, -0.2) is 26.8 Å². The first-order valence-corrected chi connectivity index (χ1v) is 4.98. The maximum Gasteiger partial charge on any atom is 0.483 e. The zero-order valence-corrected chi connectivity index (χ0v) is 10.2. The van der Waals surface area contributed by atoms with Crippen LogP contribution in [0.3, 0.4) is 0 Å². The van der Waals surface area contributed by atoms with Gasteiger partial charge in [0.05, 0.1) is 23.0 Å². The van der Waals surface area contributed by atoms with Crippen LogP contribution in [0.15, 0.2) is 12.1 Å². The first kappa shape index (κ1) is 15.7. The summed E-state index contributed by atoms with van der Waals surface area (Å²) in [6.07, 6.45) is -2.64. The summed E-state index contributed by atoms with van der Waals surface area (Å²) in [7, 11) is 0.977. The minimum Gasteiger partial charge on any atom is -0.490 e. The van der Waals surface area contributed by atoms with Gasteiger partial charge in [0.1, 0.15) is 9.85 Å². The summed E-state index contributed by atoms with van der Waals surface area (Å²) in [6.45, 7) is 0. The Labute approximate surface area is 114 Å². The number of methoxy groups -OCH3 is 1. The molecule has 0 aliphatic heterocycles. The summed E-state index contributed by atoms with van der Waals surface area (Å²) in [5.41, 5.74) is -2.86. The molecule has 1 aromatic carbocycles. The first-order chi connectivity index (χ1) is 9.70. The molecule has 0 spiro atoms.